The first-order chi connectivity index (χ1) is 7.29. The molecule has 0 atom stereocenters. The van der Waals surface area contributed by atoms with Crippen molar-refractivity contribution in [2.75, 3.05) is 0 Å². The minimum Gasteiger partial charge on any atom is -0.306 e. The van der Waals surface area contributed by atoms with Gasteiger partial charge in [0.2, 0.25) is 0 Å². The molecule has 0 unspecified atom stereocenters. The SMILES string of the molecule is CC1(NCc2csnn2)CCCCCC1. The average molecular weight is 225 g/mol. The second kappa shape index (κ2) is 5.03. The lowest BCUT2D eigenvalue weighted by atomic mass is 9.92. The number of nitrogens with zero attached hydrogens (tertiary/aromatic N) is 2. The van der Waals surface area contributed by atoms with Crippen molar-refractivity contribution >= 4 is 11.5 Å². The molecular formula is C11H19N3S. The summed E-state index contributed by atoms with van der Waals surface area (Å²) in [7, 11) is 0. The summed E-state index contributed by atoms with van der Waals surface area (Å²) in [6, 6.07) is 0. The maximum absolute atomic E-state index is 4.06. The number of hydrogen-bond donors (Lipinski definition) is 1. The highest BCUT2D eigenvalue weighted by atomic mass is 32.1. The summed E-state index contributed by atoms with van der Waals surface area (Å²) in [4.78, 5) is 0. The van der Waals surface area contributed by atoms with Crippen molar-refractivity contribution < 1.29 is 0 Å². The highest BCUT2D eigenvalue weighted by Crippen LogP contribution is 2.26. The van der Waals surface area contributed by atoms with Crippen LogP contribution in [-0.4, -0.2) is 15.1 Å². The van der Waals surface area contributed by atoms with E-state index in [-0.39, 0.29) is 0 Å². The molecule has 1 fully saturated rings. The molecule has 0 spiro atoms. The molecule has 1 N–H and O–H groups in total. The first-order valence-corrected chi connectivity index (χ1v) is 6.63. The average Bonchev–Trinajstić information content (AvgIpc) is 2.65. The summed E-state index contributed by atoms with van der Waals surface area (Å²) >= 11 is 1.43. The molecule has 0 radical (unpaired) electrons. The quantitative estimate of drug-likeness (QED) is 0.804. The molecule has 0 saturated heterocycles. The van der Waals surface area contributed by atoms with E-state index in [2.05, 4.69) is 21.8 Å². The van der Waals surface area contributed by atoms with Crippen LogP contribution in [0.1, 0.15) is 51.1 Å². The van der Waals surface area contributed by atoms with Crippen molar-refractivity contribution in [2.24, 2.45) is 0 Å². The van der Waals surface area contributed by atoms with E-state index in [0.717, 1.165) is 12.2 Å². The first kappa shape index (κ1) is 11.0. The van der Waals surface area contributed by atoms with Gasteiger partial charge in [0.05, 0.1) is 5.69 Å². The van der Waals surface area contributed by atoms with Crippen LogP contribution in [0.2, 0.25) is 0 Å². The van der Waals surface area contributed by atoms with Gasteiger partial charge < -0.3 is 5.32 Å². The van der Waals surface area contributed by atoms with Gasteiger partial charge in [0.25, 0.3) is 0 Å². The summed E-state index contributed by atoms with van der Waals surface area (Å²) in [6.45, 7) is 3.21. The Morgan fingerprint density at radius 1 is 1.33 bits per heavy atom. The van der Waals surface area contributed by atoms with Crippen LogP contribution < -0.4 is 5.32 Å². The van der Waals surface area contributed by atoms with Gasteiger partial charge >= 0.3 is 0 Å². The standard InChI is InChI=1S/C11H19N3S/c1-11(6-4-2-3-5-7-11)12-8-10-9-15-14-13-10/h9,12H,2-8H2,1H3. The smallest absolute Gasteiger partial charge is 0.0893 e. The predicted molar refractivity (Wildman–Crippen MR) is 62.9 cm³/mol. The highest BCUT2D eigenvalue weighted by Gasteiger charge is 2.24. The van der Waals surface area contributed by atoms with Crippen LogP contribution in [0.4, 0.5) is 0 Å². The fraction of sp³-hybridized carbons (Fsp3) is 0.818. The molecule has 84 valence electrons. The Labute approximate surface area is 95.4 Å². The summed E-state index contributed by atoms with van der Waals surface area (Å²) in [5, 5.41) is 9.73. The molecule has 1 heterocycles. The van der Waals surface area contributed by atoms with Crippen molar-refractivity contribution in [2.45, 2.75) is 57.5 Å². The molecule has 15 heavy (non-hydrogen) atoms. The topological polar surface area (TPSA) is 37.8 Å². The zero-order valence-corrected chi connectivity index (χ0v) is 10.1. The van der Waals surface area contributed by atoms with Gasteiger partial charge in [-0.3, -0.25) is 0 Å². The van der Waals surface area contributed by atoms with Crippen LogP contribution in [0.5, 0.6) is 0 Å². The molecular weight excluding hydrogens is 206 g/mol. The predicted octanol–water partition coefficient (Wildman–Crippen LogP) is 2.74. The monoisotopic (exact) mass is 225 g/mol. The summed E-state index contributed by atoms with van der Waals surface area (Å²) in [5.74, 6) is 0. The van der Waals surface area contributed by atoms with Crippen LogP contribution in [-0.2, 0) is 6.54 Å². The Morgan fingerprint density at radius 3 is 2.67 bits per heavy atom. The molecule has 0 bridgehead atoms. The third-order valence-corrected chi connectivity index (χ3v) is 3.86. The number of aromatic nitrogens is 2. The zero-order valence-electron chi connectivity index (χ0n) is 9.33. The first-order valence-electron chi connectivity index (χ1n) is 5.79. The maximum Gasteiger partial charge on any atom is 0.0893 e. The van der Waals surface area contributed by atoms with Gasteiger partial charge in [-0.05, 0) is 31.3 Å². The fourth-order valence-corrected chi connectivity index (χ4v) is 2.70. The Kier molecular flexibility index (Phi) is 3.70. The second-order valence-electron chi connectivity index (χ2n) is 4.72. The Balaban J connectivity index is 1.86. The molecule has 2 rings (SSSR count). The zero-order chi connectivity index (χ0) is 10.6. The molecule has 3 nitrogen and oxygen atoms in total. The third kappa shape index (κ3) is 3.24. The van der Waals surface area contributed by atoms with E-state index in [1.54, 1.807) is 0 Å². The highest BCUT2D eigenvalue weighted by molar-refractivity contribution is 7.03. The maximum atomic E-state index is 4.06. The van der Waals surface area contributed by atoms with Crippen LogP contribution in [0.25, 0.3) is 0 Å². The lowest BCUT2D eigenvalue weighted by Gasteiger charge is -2.29. The fourth-order valence-electron chi connectivity index (χ4n) is 2.25. The molecule has 0 aliphatic heterocycles. The normalized spacial score (nSPS) is 21.1. The number of nitrogens with one attached hydrogen (secondary N) is 1. The van der Waals surface area contributed by atoms with E-state index in [1.165, 1.54) is 50.1 Å². The lowest BCUT2D eigenvalue weighted by Crippen LogP contribution is -2.41. The minimum absolute atomic E-state index is 0.320. The molecule has 1 aliphatic rings. The van der Waals surface area contributed by atoms with E-state index in [0.29, 0.717) is 5.54 Å². The van der Waals surface area contributed by atoms with E-state index in [9.17, 15) is 0 Å². The molecule has 4 heteroatoms. The third-order valence-electron chi connectivity index (χ3n) is 3.31. The van der Waals surface area contributed by atoms with Gasteiger partial charge in [0.15, 0.2) is 0 Å². The Morgan fingerprint density at radius 2 is 2.07 bits per heavy atom. The van der Waals surface area contributed by atoms with Gasteiger partial charge in [0, 0.05) is 17.5 Å². The van der Waals surface area contributed by atoms with E-state index in [1.807, 2.05) is 5.38 Å². The van der Waals surface area contributed by atoms with Crippen molar-refractivity contribution in [3.63, 3.8) is 0 Å². The molecule has 1 aromatic rings. The van der Waals surface area contributed by atoms with Crippen LogP contribution in [0, 0.1) is 0 Å². The largest absolute Gasteiger partial charge is 0.306 e. The van der Waals surface area contributed by atoms with Crippen LogP contribution in [0.15, 0.2) is 5.38 Å². The Hall–Kier alpha value is -0.480. The summed E-state index contributed by atoms with van der Waals surface area (Å²) in [6.07, 6.45) is 8.11. The van der Waals surface area contributed by atoms with Crippen LogP contribution in [0.3, 0.4) is 0 Å². The van der Waals surface area contributed by atoms with E-state index in [4.69, 9.17) is 0 Å². The van der Waals surface area contributed by atoms with Crippen molar-refractivity contribution in [3.05, 3.63) is 11.1 Å². The lowest BCUT2D eigenvalue weighted by molar-refractivity contribution is 0.309. The van der Waals surface area contributed by atoms with Gasteiger partial charge in [-0.2, -0.15) is 0 Å². The van der Waals surface area contributed by atoms with Crippen molar-refractivity contribution in [1.82, 2.24) is 14.9 Å². The summed E-state index contributed by atoms with van der Waals surface area (Å²) < 4.78 is 3.88. The number of rotatable bonds is 3. The molecule has 1 aromatic heterocycles. The molecule has 1 aliphatic carbocycles. The second-order valence-corrected chi connectivity index (χ2v) is 5.33. The van der Waals surface area contributed by atoms with Gasteiger partial charge in [-0.25, -0.2) is 0 Å². The van der Waals surface area contributed by atoms with Crippen molar-refractivity contribution in [1.29, 1.82) is 0 Å². The van der Waals surface area contributed by atoms with Gasteiger partial charge in [-0.15, -0.1) is 5.10 Å². The minimum atomic E-state index is 0.320. The summed E-state index contributed by atoms with van der Waals surface area (Å²) in [5.41, 5.74) is 1.39. The molecule has 1 saturated carbocycles. The Bertz CT molecular complexity index is 276. The van der Waals surface area contributed by atoms with Crippen molar-refractivity contribution in [3.8, 4) is 0 Å². The van der Waals surface area contributed by atoms with Gasteiger partial charge in [0.1, 0.15) is 0 Å². The van der Waals surface area contributed by atoms with E-state index >= 15 is 0 Å². The number of hydrogen-bond acceptors (Lipinski definition) is 4. The van der Waals surface area contributed by atoms with Gasteiger partial charge in [-0.1, -0.05) is 30.2 Å². The van der Waals surface area contributed by atoms with Crippen LogP contribution >= 0.6 is 11.5 Å². The molecule has 0 aromatic carbocycles. The molecule has 0 amide bonds. The van der Waals surface area contributed by atoms with E-state index < -0.39 is 0 Å².